The summed E-state index contributed by atoms with van der Waals surface area (Å²) in [5, 5.41) is 2.83. The number of furan rings is 1. The molecule has 5 nitrogen and oxygen atoms in total. The molecular formula is C18H21NO4. The van der Waals surface area contributed by atoms with Gasteiger partial charge in [-0.15, -0.1) is 0 Å². The Labute approximate surface area is 135 Å². The first-order valence-corrected chi connectivity index (χ1v) is 7.56. The fourth-order valence-electron chi connectivity index (χ4n) is 2.17. The first-order valence-electron chi connectivity index (χ1n) is 7.56. The minimum absolute atomic E-state index is 0.0632. The standard InChI is InChI=1S/C18H21NO4/c1-12(2)23-17(20)11-15(14-8-6-13(3)7-9-14)19-18(21)16-5-4-10-22-16/h4-10,12,15H,11H2,1-3H3,(H,19,21). The average molecular weight is 315 g/mol. The van der Waals surface area contributed by atoms with E-state index in [1.54, 1.807) is 26.0 Å². The van der Waals surface area contributed by atoms with Gasteiger partial charge in [-0.1, -0.05) is 29.8 Å². The lowest BCUT2D eigenvalue weighted by atomic mass is 10.0. The first-order chi connectivity index (χ1) is 11.0. The lowest BCUT2D eigenvalue weighted by Crippen LogP contribution is -2.30. The van der Waals surface area contributed by atoms with Crippen LogP contribution in [0.25, 0.3) is 0 Å². The Bertz CT molecular complexity index is 644. The summed E-state index contributed by atoms with van der Waals surface area (Å²) < 4.78 is 10.3. The maximum Gasteiger partial charge on any atom is 0.308 e. The zero-order valence-electron chi connectivity index (χ0n) is 13.5. The van der Waals surface area contributed by atoms with Crippen molar-refractivity contribution in [1.29, 1.82) is 0 Å². The van der Waals surface area contributed by atoms with Gasteiger partial charge in [0.25, 0.3) is 5.91 Å². The highest BCUT2D eigenvalue weighted by Crippen LogP contribution is 2.19. The Morgan fingerprint density at radius 1 is 1.17 bits per heavy atom. The van der Waals surface area contributed by atoms with Crippen LogP contribution in [0.5, 0.6) is 0 Å². The van der Waals surface area contributed by atoms with Crippen molar-refractivity contribution >= 4 is 11.9 Å². The number of carbonyl (C=O) groups is 2. The monoisotopic (exact) mass is 315 g/mol. The highest BCUT2D eigenvalue weighted by Gasteiger charge is 2.21. The molecule has 2 aromatic rings. The molecule has 0 saturated heterocycles. The van der Waals surface area contributed by atoms with Gasteiger partial charge in [0.1, 0.15) is 0 Å². The number of hydrogen-bond donors (Lipinski definition) is 1. The van der Waals surface area contributed by atoms with Crippen molar-refractivity contribution in [2.45, 2.75) is 39.3 Å². The Hall–Kier alpha value is -2.56. The second-order valence-electron chi connectivity index (χ2n) is 5.66. The molecule has 1 unspecified atom stereocenters. The summed E-state index contributed by atoms with van der Waals surface area (Å²) in [5.41, 5.74) is 1.95. The zero-order valence-corrected chi connectivity index (χ0v) is 13.5. The summed E-state index contributed by atoms with van der Waals surface area (Å²) in [6.45, 7) is 5.56. The molecular weight excluding hydrogens is 294 g/mol. The number of hydrogen-bond acceptors (Lipinski definition) is 4. The third kappa shape index (κ3) is 4.98. The van der Waals surface area contributed by atoms with Crippen molar-refractivity contribution in [1.82, 2.24) is 5.32 Å². The SMILES string of the molecule is Cc1ccc(C(CC(=O)OC(C)C)NC(=O)c2ccco2)cc1. The largest absolute Gasteiger partial charge is 0.463 e. The van der Waals surface area contributed by atoms with Crippen LogP contribution < -0.4 is 5.32 Å². The fourth-order valence-corrected chi connectivity index (χ4v) is 2.17. The van der Waals surface area contributed by atoms with Crippen LogP contribution in [0.15, 0.2) is 47.1 Å². The molecule has 0 spiro atoms. The molecule has 1 heterocycles. The molecule has 0 saturated carbocycles. The summed E-state index contributed by atoms with van der Waals surface area (Å²) in [5.74, 6) is -0.511. The number of esters is 1. The van der Waals surface area contributed by atoms with Gasteiger partial charge in [-0.2, -0.15) is 0 Å². The van der Waals surface area contributed by atoms with Crippen LogP contribution in [-0.2, 0) is 9.53 Å². The molecule has 1 N–H and O–H groups in total. The predicted octanol–water partition coefficient (Wildman–Crippen LogP) is 3.40. The Kier molecular flexibility index (Phi) is 5.57. The molecule has 2 rings (SSSR count). The van der Waals surface area contributed by atoms with Gasteiger partial charge in [-0.25, -0.2) is 0 Å². The quantitative estimate of drug-likeness (QED) is 0.830. The van der Waals surface area contributed by atoms with Crippen molar-refractivity contribution in [3.63, 3.8) is 0 Å². The summed E-state index contributed by atoms with van der Waals surface area (Å²) in [4.78, 5) is 24.2. The van der Waals surface area contributed by atoms with Crippen molar-refractivity contribution < 1.29 is 18.7 Å². The molecule has 0 fully saturated rings. The van der Waals surface area contributed by atoms with E-state index in [0.717, 1.165) is 11.1 Å². The Morgan fingerprint density at radius 2 is 1.87 bits per heavy atom. The normalized spacial score (nSPS) is 12.0. The molecule has 0 bridgehead atoms. The number of aryl methyl sites for hydroxylation is 1. The zero-order chi connectivity index (χ0) is 16.8. The number of amides is 1. The maximum atomic E-state index is 12.2. The molecule has 1 atom stereocenters. The van der Waals surface area contributed by atoms with Crippen molar-refractivity contribution in [3.05, 3.63) is 59.5 Å². The van der Waals surface area contributed by atoms with Gasteiger partial charge in [-0.3, -0.25) is 9.59 Å². The van der Waals surface area contributed by atoms with Crippen LogP contribution in [0.4, 0.5) is 0 Å². The van der Waals surface area contributed by atoms with Gasteiger partial charge in [0, 0.05) is 0 Å². The number of benzene rings is 1. The van der Waals surface area contributed by atoms with E-state index in [9.17, 15) is 9.59 Å². The van der Waals surface area contributed by atoms with Crippen LogP contribution >= 0.6 is 0 Å². The van der Waals surface area contributed by atoms with Crippen LogP contribution in [0.3, 0.4) is 0 Å². The summed E-state index contributed by atoms with van der Waals surface area (Å²) in [6.07, 6.45) is 1.30. The van der Waals surface area contributed by atoms with Crippen LogP contribution in [0, 0.1) is 6.92 Å². The van der Waals surface area contributed by atoms with E-state index >= 15 is 0 Å². The van der Waals surface area contributed by atoms with E-state index in [1.807, 2.05) is 31.2 Å². The minimum Gasteiger partial charge on any atom is -0.463 e. The van der Waals surface area contributed by atoms with Crippen molar-refractivity contribution in [2.24, 2.45) is 0 Å². The second-order valence-corrected chi connectivity index (χ2v) is 5.66. The molecule has 0 aliphatic carbocycles. The number of carbonyl (C=O) groups excluding carboxylic acids is 2. The number of ether oxygens (including phenoxy) is 1. The van der Waals surface area contributed by atoms with E-state index in [1.165, 1.54) is 6.26 Å². The second kappa shape index (κ2) is 7.63. The van der Waals surface area contributed by atoms with E-state index < -0.39 is 6.04 Å². The topological polar surface area (TPSA) is 68.5 Å². The summed E-state index contributed by atoms with van der Waals surface area (Å²) in [6, 6.07) is 10.4. The third-order valence-electron chi connectivity index (χ3n) is 3.27. The van der Waals surface area contributed by atoms with E-state index in [2.05, 4.69) is 5.32 Å². The molecule has 0 radical (unpaired) electrons. The molecule has 0 aliphatic rings. The molecule has 1 aromatic heterocycles. The molecule has 23 heavy (non-hydrogen) atoms. The minimum atomic E-state index is -0.473. The van der Waals surface area contributed by atoms with Crippen molar-refractivity contribution in [3.8, 4) is 0 Å². The Morgan fingerprint density at radius 3 is 2.43 bits per heavy atom. The highest BCUT2D eigenvalue weighted by atomic mass is 16.5. The molecule has 122 valence electrons. The van der Waals surface area contributed by atoms with Crippen LogP contribution in [0.1, 0.15) is 48.0 Å². The van der Waals surface area contributed by atoms with Gasteiger partial charge in [0.2, 0.25) is 0 Å². The van der Waals surface area contributed by atoms with E-state index in [-0.39, 0.29) is 30.2 Å². The predicted molar refractivity (Wildman–Crippen MR) is 85.9 cm³/mol. The average Bonchev–Trinajstić information content (AvgIpc) is 3.00. The molecule has 0 aliphatic heterocycles. The summed E-state index contributed by atoms with van der Waals surface area (Å²) in [7, 11) is 0. The first kappa shape index (κ1) is 16.8. The number of nitrogens with one attached hydrogen (secondary N) is 1. The van der Waals surface area contributed by atoms with E-state index in [4.69, 9.17) is 9.15 Å². The molecule has 5 heteroatoms. The highest BCUT2D eigenvalue weighted by molar-refractivity contribution is 5.92. The van der Waals surface area contributed by atoms with E-state index in [0.29, 0.717) is 0 Å². The van der Waals surface area contributed by atoms with Crippen molar-refractivity contribution in [2.75, 3.05) is 0 Å². The third-order valence-corrected chi connectivity index (χ3v) is 3.27. The lowest BCUT2D eigenvalue weighted by molar-refractivity contribution is -0.147. The molecule has 1 amide bonds. The van der Waals surface area contributed by atoms with Gasteiger partial charge >= 0.3 is 5.97 Å². The van der Waals surface area contributed by atoms with Gasteiger partial charge in [-0.05, 0) is 38.5 Å². The molecule has 1 aromatic carbocycles. The van der Waals surface area contributed by atoms with Crippen LogP contribution in [0.2, 0.25) is 0 Å². The van der Waals surface area contributed by atoms with Gasteiger partial charge in [0.05, 0.1) is 24.8 Å². The lowest BCUT2D eigenvalue weighted by Gasteiger charge is -2.19. The Balaban J connectivity index is 2.15. The number of rotatable bonds is 6. The summed E-state index contributed by atoms with van der Waals surface area (Å²) >= 11 is 0. The van der Waals surface area contributed by atoms with Gasteiger partial charge in [0.15, 0.2) is 5.76 Å². The smallest absolute Gasteiger partial charge is 0.308 e. The van der Waals surface area contributed by atoms with Gasteiger partial charge < -0.3 is 14.5 Å². The maximum absolute atomic E-state index is 12.2. The fraction of sp³-hybridized carbons (Fsp3) is 0.333. The van der Waals surface area contributed by atoms with Crippen LogP contribution in [-0.4, -0.2) is 18.0 Å².